The number of carboxylic acids is 3. The Morgan fingerprint density at radius 3 is 1.37 bits per heavy atom. The predicted octanol–water partition coefficient (Wildman–Crippen LogP) is -5.30. The topological polar surface area (TPSA) is 575 Å². The third-order valence-corrected chi connectivity index (χ3v) is 13.1. The summed E-state index contributed by atoms with van der Waals surface area (Å²) in [6.07, 6.45) is -4.44. The molecule has 0 saturated heterocycles. The Balaban J connectivity index is 3.57. The van der Waals surface area contributed by atoms with Crippen LogP contribution in [0.15, 0.2) is 24.3 Å². The van der Waals surface area contributed by atoms with Gasteiger partial charge >= 0.3 is 17.9 Å². The average Bonchev–Trinajstić information content (AvgIpc) is 3.12. The third-order valence-electron chi connectivity index (χ3n) is 13.1. The Kier molecular flexibility index (Phi) is 33.2. The fourth-order valence-electron chi connectivity index (χ4n) is 8.11. The van der Waals surface area contributed by atoms with Crippen LogP contribution in [0.4, 0.5) is 0 Å². The van der Waals surface area contributed by atoms with Crippen LogP contribution >= 0.6 is 0 Å². The number of aromatic hydroxyl groups is 1. The molecule has 1 rings (SSSR count). The standard InChI is InChI=1S/C53H84N14O19/c1-6-26(4)43(52(84)66-34(21-25(2)3)48(80)59-27(5)44(76)63-36(23-39(57)70)50(82)65-37(24-40(58)71)49(81)62-33(53(85)86)9-7-8-20-54)67-51(83)35(22-28-10-12-29(68)13-11-28)64-47(79)32(16-19-42(74)75)61-46(78)31(15-17-38(56)69)60-45(77)30(55)14-18-41(72)73/h10-13,25-27,30-37,43,68H,6-9,14-24,54-55H2,1-5H3,(H2,56,69)(H2,57,70)(H2,58,71)(H,59,80)(H,60,77)(H,61,78)(H,62,81)(H,63,76)(H,64,79)(H,65,82)(H,66,84)(H,67,83)(H,72,73)(H,74,75)(H,85,86)/t26-,27-,30-,31-,32-,33-,34-,35-,36-,37-,43-/m0/s1. The van der Waals surface area contributed by atoms with Crippen LogP contribution in [0.2, 0.25) is 0 Å². The van der Waals surface area contributed by atoms with E-state index in [9.17, 15) is 87.2 Å². The average molecular weight is 1220 g/mol. The van der Waals surface area contributed by atoms with Crippen molar-refractivity contribution in [3.05, 3.63) is 29.8 Å². The first-order valence-electron chi connectivity index (χ1n) is 27.7. The highest BCUT2D eigenvalue weighted by Crippen LogP contribution is 2.16. The summed E-state index contributed by atoms with van der Waals surface area (Å²) >= 11 is 0. The molecular weight excluding hydrogens is 1140 g/mol. The molecule has 0 fully saturated rings. The molecule has 33 nitrogen and oxygen atoms in total. The molecule has 12 amide bonds. The number of unbranched alkanes of at least 4 members (excludes halogenated alkanes) is 1. The van der Waals surface area contributed by atoms with Crippen molar-refractivity contribution >= 4 is 88.8 Å². The number of hydrogen-bond acceptors (Lipinski definition) is 18. The van der Waals surface area contributed by atoms with E-state index < -0.39 is 200 Å². The summed E-state index contributed by atoms with van der Waals surface area (Å²) in [4.78, 5) is 195. The predicted molar refractivity (Wildman–Crippen MR) is 302 cm³/mol. The van der Waals surface area contributed by atoms with Crippen LogP contribution in [0, 0.1) is 11.8 Å². The minimum Gasteiger partial charge on any atom is -0.508 e. The van der Waals surface area contributed by atoms with Crippen LogP contribution in [-0.2, 0) is 78.3 Å². The largest absolute Gasteiger partial charge is 0.508 e. The lowest BCUT2D eigenvalue weighted by molar-refractivity contribution is -0.143. The molecule has 0 aromatic heterocycles. The van der Waals surface area contributed by atoms with Gasteiger partial charge in [0.25, 0.3) is 0 Å². The molecule has 0 unspecified atom stereocenters. The van der Waals surface area contributed by atoms with Gasteiger partial charge in [0.2, 0.25) is 70.9 Å². The number of phenolic OH excluding ortho intramolecular Hbond substituents is 1. The fraction of sp³-hybridized carbons (Fsp3) is 0.604. The molecule has 23 N–H and O–H groups in total. The summed E-state index contributed by atoms with van der Waals surface area (Å²) in [5, 5.41) is 59.5. The van der Waals surface area contributed by atoms with Gasteiger partial charge in [0.15, 0.2) is 0 Å². The number of benzene rings is 1. The van der Waals surface area contributed by atoms with Gasteiger partial charge in [-0.05, 0) is 87.9 Å². The number of amides is 12. The second kappa shape index (κ2) is 38.0. The molecule has 0 aliphatic heterocycles. The third kappa shape index (κ3) is 29.0. The smallest absolute Gasteiger partial charge is 0.326 e. The van der Waals surface area contributed by atoms with Crippen molar-refractivity contribution in [3.63, 3.8) is 0 Å². The number of hydrogen-bond donors (Lipinski definition) is 18. The van der Waals surface area contributed by atoms with E-state index in [0.29, 0.717) is 18.4 Å². The summed E-state index contributed by atoms with van der Waals surface area (Å²) in [6.45, 7) is 8.04. The summed E-state index contributed by atoms with van der Waals surface area (Å²) in [6, 6.07) is -10.7. The van der Waals surface area contributed by atoms with Gasteiger partial charge in [-0.3, -0.25) is 67.1 Å². The number of primary amides is 3. The lowest BCUT2D eigenvalue weighted by atomic mass is 9.95. The molecule has 0 spiro atoms. The van der Waals surface area contributed by atoms with E-state index in [0.717, 1.165) is 0 Å². The Morgan fingerprint density at radius 2 is 0.895 bits per heavy atom. The van der Waals surface area contributed by atoms with Crippen LogP contribution in [0.5, 0.6) is 5.75 Å². The number of aliphatic carboxylic acids is 3. The first-order valence-corrected chi connectivity index (χ1v) is 27.7. The van der Waals surface area contributed by atoms with E-state index in [1.54, 1.807) is 27.7 Å². The lowest BCUT2D eigenvalue weighted by Gasteiger charge is -2.30. The Morgan fingerprint density at radius 1 is 0.465 bits per heavy atom. The van der Waals surface area contributed by atoms with Gasteiger partial charge in [0.05, 0.1) is 18.9 Å². The molecule has 0 bridgehead atoms. The van der Waals surface area contributed by atoms with Gasteiger partial charge in [0.1, 0.15) is 60.1 Å². The molecule has 33 heteroatoms. The van der Waals surface area contributed by atoms with E-state index in [2.05, 4.69) is 47.9 Å². The van der Waals surface area contributed by atoms with Gasteiger partial charge in [-0.25, -0.2) is 4.79 Å². The van der Waals surface area contributed by atoms with Crippen molar-refractivity contribution in [1.29, 1.82) is 0 Å². The molecule has 0 aliphatic rings. The van der Waals surface area contributed by atoms with Gasteiger partial charge in [-0.15, -0.1) is 0 Å². The second-order valence-electron chi connectivity index (χ2n) is 21.0. The monoisotopic (exact) mass is 1220 g/mol. The van der Waals surface area contributed by atoms with Crippen LogP contribution in [0.3, 0.4) is 0 Å². The highest BCUT2D eigenvalue weighted by Gasteiger charge is 2.37. The normalized spacial score (nSPS) is 14.8. The van der Waals surface area contributed by atoms with E-state index in [-0.39, 0.29) is 50.3 Å². The Bertz CT molecular complexity index is 2570. The molecule has 0 saturated carbocycles. The van der Waals surface area contributed by atoms with E-state index in [1.165, 1.54) is 31.2 Å². The Hall–Kier alpha value is -9.01. The van der Waals surface area contributed by atoms with Crippen LogP contribution in [-0.4, -0.2) is 176 Å². The first-order chi connectivity index (χ1) is 40.2. The summed E-state index contributed by atoms with van der Waals surface area (Å²) in [5.41, 5.74) is 27.6. The van der Waals surface area contributed by atoms with Gasteiger partial charge in [0, 0.05) is 25.7 Å². The summed E-state index contributed by atoms with van der Waals surface area (Å²) in [5.74, 6) is -18.2. The number of carbonyl (C=O) groups is 15. The van der Waals surface area contributed by atoms with Crippen molar-refractivity contribution < 1.29 is 92.3 Å². The van der Waals surface area contributed by atoms with Crippen molar-refractivity contribution in [2.45, 2.75) is 185 Å². The molecule has 0 heterocycles. The van der Waals surface area contributed by atoms with Crippen LogP contribution < -0.4 is 76.5 Å². The molecule has 86 heavy (non-hydrogen) atoms. The highest BCUT2D eigenvalue weighted by molar-refractivity contribution is 6.00. The maximum atomic E-state index is 14.5. The molecule has 0 radical (unpaired) electrons. The van der Waals surface area contributed by atoms with Gasteiger partial charge < -0.3 is 96.9 Å². The van der Waals surface area contributed by atoms with Crippen LogP contribution in [0.25, 0.3) is 0 Å². The molecule has 1 aromatic carbocycles. The number of phenols is 1. The number of nitrogens with one attached hydrogen (secondary N) is 9. The van der Waals surface area contributed by atoms with Crippen LogP contribution in [0.1, 0.15) is 124 Å². The molecule has 1 aromatic rings. The zero-order valence-corrected chi connectivity index (χ0v) is 48.6. The highest BCUT2D eigenvalue weighted by atomic mass is 16.4. The van der Waals surface area contributed by atoms with E-state index in [4.69, 9.17) is 33.8 Å². The van der Waals surface area contributed by atoms with Crippen molar-refractivity contribution in [3.8, 4) is 5.75 Å². The minimum absolute atomic E-state index is 0.0661. The minimum atomic E-state index is -1.85. The Labute approximate surface area is 495 Å². The molecule has 0 aliphatic carbocycles. The first kappa shape index (κ1) is 75.0. The van der Waals surface area contributed by atoms with Crippen molar-refractivity contribution in [2.24, 2.45) is 40.5 Å². The lowest BCUT2D eigenvalue weighted by Crippen LogP contribution is -2.61. The maximum Gasteiger partial charge on any atom is 0.326 e. The van der Waals surface area contributed by atoms with Crippen molar-refractivity contribution in [2.75, 3.05) is 6.54 Å². The zero-order valence-electron chi connectivity index (χ0n) is 48.6. The molecule has 480 valence electrons. The van der Waals surface area contributed by atoms with E-state index >= 15 is 0 Å². The SMILES string of the molecule is CC[C@H](C)[C@H](NC(=O)[C@H](Cc1ccc(O)cc1)NC(=O)[C@H](CCC(=O)O)NC(=O)[C@H](CCC(N)=O)NC(=O)[C@@H](N)CCC(=O)O)C(=O)N[C@@H](CC(C)C)C(=O)N[C@@H](C)C(=O)N[C@@H](CC(N)=O)C(=O)N[C@@H](CC(N)=O)C(=O)N[C@@H](CCCCN)C(=O)O. The number of nitrogens with two attached hydrogens (primary N) is 5. The zero-order chi connectivity index (χ0) is 65.5. The summed E-state index contributed by atoms with van der Waals surface area (Å²) in [7, 11) is 0. The number of carbonyl (C=O) groups excluding carboxylic acids is 12. The molecular formula is C53H84N14O19. The number of carboxylic acid groups (broad SMARTS) is 3. The van der Waals surface area contributed by atoms with Gasteiger partial charge in [-0.2, -0.15) is 0 Å². The quantitative estimate of drug-likeness (QED) is 0.0272. The second-order valence-corrected chi connectivity index (χ2v) is 21.0. The fourth-order valence-corrected chi connectivity index (χ4v) is 8.11. The van der Waals surface area contributed by atoms with Gasteiger partial charge in [-0.1, -0.05) is 46.2 Å². The molecule has 11 atom stereocenters. The number of rotatable bonds is 42. The van der Waals surface area contributed by atoms with E-state index in [1.807, 2.05) is 0 Å². The van der Waals surface area contributed by atoms with Crippen molar-refractivity contribution in [1.82, 2.24) is 47.9 Å². The summed E-state index contributed by atoms with van der Waals surface area (Å²) < 4.78 is 0. The maximum absolute atomic E-state index is 14.5.